The van der Waals surface area contributed by atoms with Crippen molar-refractivity contribution in [1.29, 1.82) is 0 Å². The fraction of sp³-hybridized carbons (Fsp3) is 0.857. The highest BCUT2D eigenvalue weighted by molar-refractivity contribution is 5.75. The first-order chi connectivity index (χ1) is 4.43. The molecule has 1 fully saturated rings. The lowest BCUT2D eigenvalue weighted by atomic mass is 9.90. The van der Waals surface area contributed by atoms with Crippen LogP contribution in [-0.2, 0) is 9.53 Å². The molecule has 2 atom stereocenters. The molecule has 1 heterocycles. The normalized spacial score (nSPS) is 31.9. The maximum Gasteiger partial charge on any atom is 0.335 e. The highest BCUT2D eigenvalue weighted by Gasteiger charge is 2.51. The highest BCUT2D eigenvalue weighted by Crippen LogP contribution is 2.37. The Kier molecular flexibility index (Phi) is 1.47. The molecule has 1 saturated heterocycles. The zero-order valence-electron chi connectivity index (χ0n) is 6.42. The zero-order valence-corrected chi connectivity index (χ0v) is 6.42. The molecule has 3 heteroatoms. The van der Waals surface area contributed by atoms with Gasteiger partial charge in [0.15, 0.2) is 6.10 Å². The second-order valence-corrected chi connectivity index (χ2v) is 3.68. The van der Waals surface area contributed by atoms with Crippen molar-refractivity contribution in [1.82, 2.24) is 0 Å². The average molecular weight is 144 g/mol. The number of hydrogen-bond donors (Lipinski definition) is 1. The Morgan fingerprint density at radius 1 is 1.50 bits per heavy atom. The standard InChI is InChI=1S/C7H12O3/c1-7(2,3)5-4(10-5)6(8)9/h4-5H,1-3H3,(H,8,9)/t4-,5-/m0/s1. The van der Waals surface area contributed by atoms with E-state index in [0.717, 1.165) is 0 Å². The van der Waals surface area contributed by atoms with Crippen LogP contribution in [0, 0.1) is 5.41 Å². The number of ether oxygens (including phenoxy) is 1. The predicted octanol–water partition coefficient (Wildman–Crippen LogP) is 0.885. The van der Waals surface area contributed by atoms with Gasteiger partial charge in [0.25, 0.3) is 0 Å². The summed E-state index contributed by atoms with van der Waals surface area (Å²) in [6.07, 6.45) is -0.648. The van der Waals surface area contributed by atoms with Gasteiger partial charge in [0, 0.05) is 0 Å². The fourth-order valence-electron chi connectivity index (χ4n) is 0.959. The molecule has 1 N–H and O–H groups in total. The van der Waals surface area contributed by atoms with Gasteiger partial charge in [0.2, 0.25) is 0 Å². The second kappa shape index (κ2) is 1.95. The molecule has 0 saturated carbocycles. The van der Waals surface area contributed by atoms with Crippen LogP contribution in [0.25, 0.3) is 0 Å². The van der Waals surface area contributed by atoms with Crippen molar-refractivity contribution in [3.8, 4) is 0 Å². The molecule has 0 aromatic rings. The number of carbonyl (C=O) groups is 1. The SMILES string of the molecule is CC(C)(C)[C@H]1O[C@@H]1C(=O)O. The van der Waals surface area contributed by atoms with E-state index in [4.69, 9.17) is 9.84 Å². The molecule has 0 aliphatic carbocycles. The third-order valence-electron chi connectivity index (χ3n) is 1.59. The van der Waals surface area contributed by atoms with Crippen molar-refractivity contribution >= 4 is 5.97 Å². The molecule has 10 heavy (non-hydrogen) atoms. The van der Waals surface area contributed by atoms with E-state index in [-0.39, 0.29) is 11.5 Å². The van der Waals surface area contributed by atoms with E-state index in [1.165, 1.54) is 0 Å². The van der Waals surface area contributed by atoms with Crippen LogP contribution in [0.5, 0.6) is 0 Å². The predicted molar refractivity (Wildman–Crippen MR) is 35.8 cm³/mol. The molecular weight excluding hydrogens is 132 g/mol. The minimum atomic E-state index is -0.847. The molecule has 0 aromatic carbocycles. The lowest BCUT2D eigenvalue weighted by Gasteiger charge is -2.13. The topological polar surface area (TPSA) is 49.8 Å². The van der Waals surface area contributed by atoms with E-state index in [1.807, 2.05) is 20.8 Å². The molecule has 1 aliphatic heterocycles. The first kappa shape index (κ1) is 7.54. The van der Waals surface area contributed by atoms with Crippen LogP contribution in [0.4, 0.5) is 0 Å². The van der Waals surface area contributed by atoms with Gasteiger partial charge < -0.3 is 9.84 Å². The van der Waals surface area contributed by atoms with Gasteiger partial charge in [0.05, 0.1) is 0 Å². The van der Waals surface area contributed by atoms with Crippen molar-refractivity contribution < 1.29 is 14.6 Å². The summed E-state index contributed by atoms with van der Waals surface area (Å²) in [7, 11) is 0. The maximum absolute atomic E-state index is 10.3. The lowest BCUT2D eigenvalue weighted by molar-refractivity contribution is -0.138. The molecule has 0 radical (unpaired) electrons. The Morgan fingerprint density at radius 2 is 2.00 bits per heavy atom. The molecule has 0 unspecified atom stereocenters. The molecule has 0 spiro atoms. The van der Waals surface area contributed by atoms with Crippen LogP contribution in [0.15, 0.2) is 0 Å². The van der Waals surface area contributed by atoms with Gasteiger partial charge in [-0.15, -0.1) is 0 Å². The zero-order chi connectivity index (χ0) is 7.94. The van der Waals surface area contributed by atoms with Crippen LogP contribution in [0.2, 0.25) is 0 Å². The van der Waals surface area contributed by atoms with Crippen LogP contribution < -0.4 is 0 Å². The Hall–Kier alpha value is -0.570. The fourth-order valence-corrected chi connectivity index (χ4v) is 0.959. The summed E-state index contributed by atoms with van der Waals surface area (Å²) in [6, 6.07) is 0. The van der Waals surface area contributed by atoms with Crippen molar-refractivity contribution in [3.63, 3.8) is 0 Å². The molecule has 0 aromatic heterocycles. The van der Waals surface area contributed by atoms with Crippen LogP contribution in [0.1, 0.15) is 20.8 Å². The lowest BCUT2D eigenvalue weighted by Crippen LogP contribution is -2.20. The Balaban J connectivity index is 2.46. The molecule has 0 bridgehead atoms. The molecule has 3 nitrogen and oxygen atoms in total. The largest absolute Gasteiger partial charge is 0.479 e. The Morgan fingerprint density at radius 3 is 2.10 bits per heavy atom. The van der Waals surface area contributed by atoms with E-state index in [0.29, 0.717) is 0 Å². The summed E-state index contributed by atoms with van der Waals surface area (Å²) in [5.41, 5.74) is -0.0386. The van der Waals surface area contributed by atoms with Crippen molar-refractivity contribution in [2.24, 2.45) is 5.41 Å². The van der Waals surface area contributed by atoms with E-state index in [1.54, 1.807) is 0 Å². The summed E-state index contributed by atoms with van der Waals surface area (Å²) in [4.78, 5) is 10.3. The van der Waals surface area contributed by atoms with Crippen LogP contribution in [-0.4, -0.2) is 23.3 Å². The van der Waals surface area contributed by atoms with Gasteiger partial charge >= 0.3 is 5.97 Å². The number of rotatable bonds is 1. The summed E-state index contributed by atoms with van der Waals surface area (Å²) in [5, 5.41) is 8.46. The van der Waals surface area contributed by atoms with Gasteiger partial charge in [-0.05, 0) is 5.41 Å². The van der Waals surface area contributed by atoms with E-state index in [9.17, 15) is 4.79 Å². The first-order valence-corrected chi connectivity index (χ1v) is 3.31. The third-order valence-corrected chi connectivity index (χ3v) is 1.59. The van der Waals surface area contributed by atoms with E-state index < -0.39 is 12.1 Å². The van der Waals surface area contributed by atoms with Crippen molar-refractivity contribution in [3.05, 3.63) is 0 Å². The Bertz CT molecular complexity index is 157. The number of hydrogen-bond acceptors (Lipinski definition) is 2. The summed E-state index contributed by atoms with van der Waals surface area (Å²) < 4.78 is 4.94. The first-order valence-electron chi connectivity index (χ1n) is 3.31. The quantitative estimate of drug-likeness (QED) is 0.556. The monoisotopic (exact) mass is 144 g/mol. The summed E-state index contributed by atoms with van der Waals surface area (Å²) in [5.74, 6) is -0.847. The summed E-state index contributed by atoms with van der Waals surface area (Å²) >= 11 is 0. The van der Waals surface area contributed by atoms with E-state index >= 15 is 0 Å². The number of carboxylic acids is 1. The van der Waals surface area contributed by atoms with Gasteiger partial charge in [-0.2, -0.15) is 0 Å². The van der Waals surface area contributed by atoms with Crippen molar-refractivity contribution in [2.75, 3.05) is 0 Å². The third kappa shape index (κ3) is 1.29. The number of aliphatic carboxylic acids is 1. The molecule has 1 rings (SSSR count). The minimum absolute atomic E-state index is 0.0386. The molecular formula is C7H12O3. The van der Waals surface area contributed by atoms with Gasteiger partial charge in [-0.1, -0.05) is 20.8 Å². The van der Waals surface area contributed by atoms with Gasteiger partial charge in [-0.3, -0.25) is 0 Å². The smallest absolute Gasteiger partial charge is 0.335 e. The molecule has 1 aliphatic rings. The maximum atomic E-state index is 10.3. The van der Waals surface area contributed by atoms with E-state index in [2.05, 4.69) is 0 Å². The van der Waals surface area contributed by atoms with Gasteiger partial charge in [0.1, 0.15) is 6.10 Å². The summed E-state index contributed by atoms with van der Waals surface area (Å²) in [6.45, 7) is 5.92. The van der Waals surface area contributed by atoms with Crippen LogP contribution >= 0.6 is 0 Å². The molecule has 0 amide bonds. The molecule has 58 valence electrons. The van der Waals surface area contributed by atoms with Crippen LogP contribution in [0.3, 0.4) is 0 Å². The average Bonchev–Trinajstić information content (AvgIpc) is 2.35. The number of carboxylic acid groups (broad SMARTS) is 1. The van der Waals surface area contributed by atoms with Crippen molar-refractivity contribution in [2.45, 2.75) is 33.0 Å². The van der Waals surface area contributed by atoms with Gasteiger partial charge in [-0.25, -0.2) is 4.79 Å². The minimum Gasteiger partial charge on any atom is -0.479 e. The second-order valence-electron chi connectivity index (χ2n) is 3.68. The highest BCUT2D eigenvalue weighted by atomic mass is 16.6. The Labute approximate surface area is 60.0 Å². The number of epoxide rings is 1.